The summed E-state index contributed by atoms with van der Waals surface area (Å²) in [5, 5.41) is 9.92. The van der Waals surface area contributed by atoms with Gasteiger partial charge in [-0.1, -0.05) is 11.6 Å². The van der Waals surface area contributed by atoms with Crippen molar-refractivity contribution in [1.29, 1.82) is 0 Å². The Bertz CT molecular complexity index is 1080. The monoisotopic (exact) mass is 407 g/mol. The van der Waals surface area contributed by atoms with E-state index in [1.54, 1.807) is 9.47 Å². The molecule has 9 heteroatoms. The highest BCUT2D eigenvalue weighted by Crippen LogP contribution is 2.45. The number of ether oxygens (including phenoxy) is 1. The van der Waals surface area contributed by atoms with Crippen LogP contribution in [0.4, 0.5) is 10.1 Å². The molecule has 2 aliphatic rings. The molecule has 0 unspecified atom stereocenters. The fourth-order valence-electron chi connectivity index (χ4n) is 3.61. The van der Waals surface area contributed by atoms with Crippen LogP contribution in [0.25, 0.3) is 10.9 Å². The molecule has 1 aliphatic heterocycles. The highest BCUT2D eigenvalue weighted by molar-refractivity contribution is 6.30. The van der Waals surface area contributed by atoms with Gasteiger partial charge in [-0.15, -0.1) is 0 Å². The number of carbonyl (C=O) groups is 1. The topological polar surface area (TPSA) is 97.8 Å². The van der Waals surface area contributed by atoms with E-state index in [4.69, 9.17) is 22.1 Å². The number of nitrogens with zero attached hydrogens (tertiary/aromatic N) is 2. The number of carboxylic acids is 1. The Balaban J connectivity index is 1.95. The predicted molar refractivity (Wildman–Crippen MR) is 104 cm³/mol. The lowest BCUT2D eigenvalue weighted by Crippen LogP contribution is -2.42. The largest absolute Gasteiger partial charge is 0.492 e. The van der Waals surface area contributed by atoms with Crippen molar-refractivity contribution >= 4 is 34.2 Å². The lowest BCUT2D eigenvalue weighted by molar-refractivity contribution is 0.0695. The average Bonchev–Trinajstić information content (AvgIpc) is 3.46. The van der Waals surface area contributed by atoms with Gasteiger partial charge in [0.1, 0.15) is 11.3 Å². The molecule has 1 saturated carbocycles. The van der Waals surface area contributed by atoms with E-state index in [9.17, 15) is 14.7 Å². The second-order valence-electron chi connectivity index (χ2n) is 7.02. The van der Waals surface area contributed by atoms with E-state index in [0.717, 1.165) is 24.5 Å². The molecule has 148 valence electrons. The number of methoxy groups -OCH3 is 1. The van der Waals surface area contributed by atoms with E-state index >= 15 is 4.39 Å². The fraction of sp³-hybridized carbons (Fsp3) is 0.368. The van der Waals surface area contributed by atoms with E-state index < -0.39 is 17.2 Å². The van der Waals surface area contributed by atoms with Gasteiger partial charge in [0, 0.05) is 36.9 Å². The number of hydrogen-bond donors (Lipinski definition) is 2. The number of aromatic carboxylic acids is 1. The first-order valence-corrected chi connectivity index (χ1v) is 9.25. The van der Waals surface area contributed by atoms with Crippen molar-refractivity contribution in [3.63, 3.8) is 0 Å². The zero-order chi connectivity index (χ0) is 20.2. The van der Waals surface area contributed by atoms with Crippen LogP contribution in [0.1, 0.15) is 29.2 Å². The van der Waals surface area contributed by atoms with Crippen LogP contribution < -0.4 is 20.8 Å². The zero-order valence-corrected chi connectivity index (χ0v) is 15.9. The molecule has 28 heavy (non-hydrogen) atoms. The van der Waals surface area contributed by atoms with Gasteiger partial charge in [0.15, 0.2) is 11.6 Å². The zero-order valence-electron chi connectivity index (χ0n) is 15.2. The summed E-state index contributed by atoms with van der Waals surface area (Å²) in [6.45, 7) is 1.05. The van der Waals surface area contributed by atoms with E-state index in [0.29, 0.717) is 23.6 Å². The van der Waals surface area contributed by atoms with Crippen molar-refractivity contribution in [2.24, 2.45) is 5.73 Å². The summed E-state index contributed by atoms with van der Waals surface area (Å²) in [5.74, 6) is -1.76. The van der Waals surface area contributed by atoms with E-state index in [2.05, 4.69) is 0 Å². The van der Waals surface area contributed by atoms with Crippen molar-refractivity contribution in [3.05, 3.63) is 44.5 Å². The molecule has 2 aromatic rings. The molecule has 4 rings (SSSR count). The number of nitrogens with two attached hydrogens (primary N) is 1. The first kappa shape index (κ1) is 18.8. The lowest BCUT2D eigenvalue weighted by atomic mass is 10.0. The highest BCUT2D eigenvalue weighted by atomic mass is 35.5. The minimum atomic E-state index is -1.33. The Labute approximate surface area is 164 Å². The number of rotatable bonds is 5. The van der Waals surface area contributed by atoms with Crippen molar-refractivity contribution in [3.8, 4) is 5.75 Å². The molecule has 1 saturated heterocycles. The summed E-state index contributed by atoms with van der Waals surface area (Å²) in [6.07, 6.45) is 3.05. The number of halogens is 2. The van der Waals surface area contributed by atoms with Gasteiger partial charge in [0.05, 0.1) is 18.0 Å². The Morgan fingerprint density at radius 1 is 1.43 bits per heavy atom. The van der Waals surface area contributed by atoms with Crippen molar-refractivity contribution < 1.29 is 19.0 Å². The quantitative estimate of drug-likeness (QED) is 0.790. The average molecular weight is 408 g/mol. The lowest BCUT2D eigenvalue weighted by Gasteiger charge is -2.38. The van der Waals surface area contributed by atoms with Gasteiger partial charge in [-0.25, -0.2) is 9.18 Å². The number of pyridine rings is 1. The van der Waals surface area contributed by atoms with E-state index in [1.807, 2.05) is 0 Å². The second kappa shape index (κ2) is 6.79. The van der Waals surface area contributed by atoms with Gasteiger partial charge >= 0.3 is 5.97 Å². The highest BCUT2D eigenvalue weighted by Gasteiger charge is 2.33. The Morgan fingerprint density at radius 2 is 2.11 bits per heavy atom. The van der Waals surface area contributed by atoms with Gasteiger partial charge < -0.3 is 25.0 Å². The molecule has 0 amide bonds. The molecule has 3 N–H and O–H groups in total. The summed E-state index contributed by atoms with van der Waals surface area (Å²) in [7, 11) is 1.41. The Kier molecular flexibility index (Phi) is 4.55. The van der Waals surface area contributed by atoms with E-state index in [-0.39, 0.29) is 35.0 Å². The third-order valence-electron chi connectivity index (χ3n) is 5.22. The van der Waals surface area contributed by atoms with Gasteiger partial charge in [-0.3, -0.25) is 4.79 Å². The van der Waals surface area contributed by atoms with Crippen LogP contribution in [-0.2, 0) is 0 Å². The SMILES string of the molecule is COc1c(N2CC(=C(Cl)CN)C2)c(F)cc2c(=O)c(C(=O)O)cn(C3CC3)c12. The summed E-state index contributed by atoms with van der Waals surface area (Å²) in [5.41, 5.74) is 6.02. The molecule has 0 spiro atoms. The maximum absolute atomic E-state index is 15.0. The van der Waals surface area contributed by atoms with Gasteiger partial charge in [0.2, 0.25) is 5.43 Å². The van der Waals surface area contributed by atoms with Crippen LogP contribution in [0.2, 0.25) is 0 Å². The molecule has 1 aromatic heterocycles. The molecule has 0 radical (unpaired) electrons. The smallest absolute Gasteiger partial charge is 0.341 e. The first-order chi connectivity index (χ1) is 13.4. The van der Waals surface area contributed by atoms with Crippen molar-refractivity contribution in [2.75, 3.05) is 31.6 Å². The minimum absolute atomic E-state index is 0.00109. The maximum Gasteiger partial charge on any atom is 0.341 e. The molecule has 2 heterocycles. The first-order valence-electron chi connectivity index (χ1n) is 8.87. The maximum atomic E-state index is 15.0. The number of fused-ring (bicyclic) bond motifs is 1. The van der Waals surface area contributed by atoms with Crippen LogP contribution in [0, 0.1) is 5.82 Å². The molecule has 0 bridgehead atoms. The Hall–Kier alpha value is -2.58. The van der Waals surface area contributed by atoms with Gasteiger partial charge in [-0.05, 0) is 24.5 Å². The van der Waals surface area contributed by atoms with Crippen LogP contribution >= 0.6 is 11.6 Å². The molecule has 0 atom stereocenters. The number of benzene rings is 1. The van der Waals surface area contributed by atoms with E-state index in [1.165, 1.54) is 13.3 Å². The summed E-state index contributed by atoms with van der Waals surface area (Å²) < 4.78 is 22.3. The van der Waals surface area contributed by atoms with Gasteiger partial charge in [0.25, 0.3) is 0 Å². The summed E-state index contributed by atoms with van der Waals surface area (Å²) in [6, 6.07) is 1.17. The van der Waals surface area contributed by atoms with Crippen LogP contribution in [0.3, 0.4) is 0 Å². The molecule has 7 nitrogen and oxygen atoms in total. The van der Waals surface area contributed by atoms with Crippen LogP contribution in [0.5, 0.6) is 5.75 Å². The number of anilines is 1. The third-order valence-corrected chi connectivity index (χ3v) is 5.64. The van der Waals surface area contributed by atoms with Crippen LogP contribution in [-0.4, -0.2) is 42.4 Å². The summed E-state index contributed by atoms with van der Waals surface area (Å²) in [4.78, 5) is 25.9. The number of carboxylic acid groups (broad SMARTS) is 1. The Morgan fingerprint density at radius 3 is 2.64 bits per heavy atom. The number of hydrogen-bond acceptors (Lipinski definition) is 5. The molecular weight excluding hydrogens is 389 g/mol. The second-order valence-corrected chi connectivity index (χ2v) is 7.48. The molecular formula is C19H19ClFN3O4. The van der Waals surface area contributed by atoms with Gasteiger partial charge in [-0.2, -0.15) is 0 Å². The van der Waals surface area contributed by atoms with Crippen molar-refractivity contribution in [1.82, 2.24) is 4.57 Å². The molecule has 1 aliphatic carbocycles. The fourth-order valence-corrected chi connectivity index (χ4v) is 3.73. The molecule has 1 aromatic carbocycles. The third kappa shape index (κ3) is 2.84. The van der Waals surface area contributed by atoms with Crippen molar-refractivity contribution in [2.45, 2.75) is 18.9 Å². The predicted octanol–water partition coefficient (Wildman–Crippen LogP) is 2.45. The minimum Gasteiger partial charge on any atom is -0.492 e. The summed E-state index contributed by atoms with van der Waals surface area (Å²) >= 11 is 6.07. The standard InChI is InChI=1S/C19H19ClFN3O4/c1-28-18-15-11(17(25)12(19(26)27)8-24(15)10-2-3-10)4-14(21)16(18)23-6-9(7-23)13(20)5-22/h4,8,10H,2-3,5-7,22H2,1H3,(H,26,27). The molecule has 2 fully saturated rings. The van der Waals surface area contributed by atoms with Crippen LogP contribution in [0.15, 0.2) is 27.7 Å². The normalized spacial score (nSPS) is 16.3. The number of aromatic nitrogens is 1.